The topological polar surface area (TPSA) is 29.5 Å². The zero-order valence-electron chi connectivity index (χ0n) is 10.3. The molecule has 0 radical (unpaired) electrons. The van der Waals surface area contributed by atoms with Crippen molar-refractivity contribution in [2.24, 2.45) is 17.8 Å². The van der Waals surface area contributed by atoms with Crippen molar-refractivity contribution in [2.75, 3.05) is 13.1 Å². The lowest BCUT2D eigenvalue weighted by molar-refractivity contribution is -0.143. The predicted octanol–water partition coefficient (Wildman–Crippen LogP) is 1.81. The molecule has 4 rings (SSSR count). The van der Waals surface area contributed by atoms with Crippen LogP contribution in [0, 0.1) is 17.8 Å². The van der Waals surface area contributed by atoms with Crippen LogP contribution in [0.4, 0.5) is 0 Å². The van der Waals surface area contributed by atoms with Crippen molar-refractivity contribution >= 4 is 5.97 Å². The highest BCUT2D eigenvalue weighted by Crippen LogP contribution is 2.50. The molecule has 4 fully saturated rings. The second kappa shape index (κ2) is 3.71. The summed E-state index contributed by atoms with van der Waals surface area (Å²) >= 11 is 0. The van der Waals surface area contributed by atoms with Crippen LogP contribution in [0.15, 0.2) is 0 Å². The van der Waals surface area contributed by atoms with Crippen LogP contribution in [-0.4, -0.2) is 36.1 Å². The Balaban J connectivity index is 1.66. The van der Waals surface area contributed by atoms with E-state index in [0.717, 1.165) is 24.3 Å². The highest BCUT2D eigenvalue weighted by Gasteiger charge is 2.54. The molecule has 3 saturated heterocycles. The molecule has 17 heavy (non-hydrogen) atoms. The van der Waals surface area contributed by atoms with Crippen LogP contribution in [0.3, 0.4) is 0 Å². The summed E-state index contributed by atoms with van der Waals surface area (Å²) in [6.07, 6.45) is 7.52. The molecule has 94 valence electrons. The average Bonchev–Trinajstić information content (AvgIpc) is 2.81. The molecule has 4 aliphatic rings. The Hall–Kier alpha value is -0.570. The third-order valence-corrected chi connectivity index (χ3v) is 5.61. The Morgan fingerprint density at radius 3 is 3.00 bits per heavy atom. The third kappa shape index (κ3) is 1.48. The number of nitrogens with zero attached hydrogens (tertiary/aromatic N) is 1. The fourth-order valence-corrected chi connectivity index (χ4v) is 5.01. The van der Waals surface area contributed by atoms with Crippen molar-refractivity contribution in [3.8, 4) is 0 Å². The number of carbonyl (C=O) groups is 1. The van der Waals surface area contributed by atoms with Gasteiger partial charge >= 0.3 is 5.97 Å². The first-order valence-electron chi connectivity index (χ1n) is 7.26. The fraction of sp³-hybridized carbons (Fsp3) is 0.929. The van der Waals surface area contributed by atoms with Crippen molar-refractivity contribution in [3.63, 3.8) is 0 Å². The van der Waals surface area contributed by atoms with E-state index in [1.807, 2.05) is 0 Å². The van der Waals surface area contributed by atoms with Gasteiger partial charge < -0.3 is 4.74 Å². The molecular formula is C14H21NO2. The standard InChI is InChI=1S/C14H21NO2/c16-13-8-11-10-4-6-15-5-2-1-3-9(14(10)15)7-12(11)17-13/h9-12,14H,1-8H2. The van der Waals surface area contributed by atoms with Crippen LogP contribution in [0.1, 0.15) is 38.5 Å². The molecule has 3 heterocycles. The molecule has 5 unspecified atom stereocenters. The maximum Gasteiger partial charge on any atom is 0.306 e. The van der Waals surface area contributed by atoms with E-state index in [9.17, 15) is 4.79 Å². The number of fused-ring (bicyclic) bond motifs is 2. The number of hydrogen-bond acceptors (Lipinski definition) is 3. The van der Waals surface area contributed by atoms with E-state index in [4.69, 9.17) is 4.74 Å². The first-order chi connectivity index (χ1) is 8.33. The van der Waals surface area contributed by atoms with Crippen molar-refractivity contribution in [1.82, 2.24) is 4.90 Å². The van der Waals surface area contributed by atoms with Gasteiger partial charge in [0.1, 0.15) is 6.10 Å². The van der Waals surface area contributed by atoms with Crippen LogP contribution in [0.25, 0.3) is 0 Å². The van der Waals surface area contributed by atoms with Crippen molar-refractivity contribution in [3.05, 3.63) is 0 Å². The predicted molar refractivity (Wildman–Crippen MR) is 63.4 cm³/mol. The normalized spacial score (nSPS) is 49.4. The average molecular weight is 235 g/mol. The van der Waals surface area contributed by atoms with Gasteiger partial charge in [-0.2, -0.15) is 0 Å². The number of rotatable bonds is 0. The summed E-state index contributed by atoms with van der Waals surface area (Å²) in [5.74, 6) is 2.17. The van der Waals surface area contributed by atoms with Gasteiger partial charge in [-0.25, -0.2) is 0 Å². The molecule has 0 spiro atoms. The number of ether oxygens (including phenoxy) is 1. The number of carbonyl (C=O) groups excluding carboxylic acids is 1. The highest BCUT2D eigenvalue weighted by atomic mass is 16.5. The maximum absolute atomic E-state index is 11.5. The van der Waals surface area contributed by atoms with Gasteiger partial charge in [-0.15, -0.1) is 0 Å². The minimum Gasteiger partial charge on any atom is -0.462 e. The van der Waals surface area contributed by atoms with Crippen LogP contribution >= 0.6 is 0 Å². The first-order valence-corrected chi connectivity index (χ1v) is 7.26. The van der Waals surface area contributed by atoms with Crippen LogP contribution in [-0.2, 0) is 9.53 Å². The van der Waals surface area contributed by atoms with E-state index in [2.05, 4.69) is 4.90 Å². The lowest BCUT2D eigenvalue weighted by atomic mass is 9.68. The number of esters is 1. The Morgan fingerprint density at radius 1 is 1.12 bits per heavy atom. The van der Waals surface area contributed by atoms with Gasteiger partial charge in [0.2, 0.25) is 0 Å². The van der Waals surface area contributed by atoms with Gasteiger partial charge in [-0.1, -0.05) is 6.42 Å². The zero-order valence-corrected chi connectivity index (χ0v) is 10.3. The summed E-state index contributed by atoms with van der Waals surface area (Å²) in [4.78, 5) is 14.2. The van der Waals surface area contributed by atoms with Gasteiger partial charge in [-0.3, -0.25) is 9.69 Å². The third-order valence-electron chi connectivity index (χ3n) is 5.61. The van der Waals surface area contributed by atoms with Gasteiger partial charge in [0.25, 0.3) is 0 Å². The van der Waals surface area contributed by atoms with E-state index < -0.39 is 0 Å². The maximum atomic E-state index is 11.5. The molecular weight excluding hydrogens is 214 g/mol. The molecule has 0 bridgehead atoms. The zero-order chi connectivity index (χ0) is 11.4. The summed E-state index contributed by atoms with van der Waals surface area (Å²) in [7, 11) is 0. The first kappa shape index (κ1) is 10.4. The largest absolute Gasteiger partial charge is 0.462 e. The second-order valence-corrected chi connectivity index (χ2v) is 6.37. The van der Waals surface area contributed by atoms with E-state index in [1.165, 1.54) is 38.8 Å². The Morgan fingerprint density at radius 2 is 2.06 bits per heavy atom. The van der Waals surface area contributed by atoms with E-state index in [1.54, 1.807) is 0 Å². The highest BCUT2D eigenvalue weighted by molar-refractivity contribution is 5.72. The molecule has 5 atom stereocenters. The quantitative estimate of drug-likeness (QED) is 0.600. The van der Waals surface area contributed by atoms with Crippen molar-refractivity contribution < 1.29 is 9.53 Å². The molecule has 0 aromatic carbocycles. The Bertz CT molecular complexity index is 343. The molecule has 1 aliphatic carbocycles. The van der Waals surface area contributed by atoms with E-state index in [-0.39, 0.29) is 12.1 Å². The molecule has 0 aromatic rings. The monoisotopic (exact) mass is 235 g/mol. The van der Waals surface area contributed by atoms with Gasteiger partial charge in [0.15, 0.2) is 0 Å². The minimum absolute atomic E-state index is 0.0647. The molecule has 3 aliphatic heterocycles. The molecule has 3 nitrogen and oxygen atoms in total. The summed E-state index contributed by atoms with van der Waals surface area (Å²) < 4.78 is 5.55. The van der Waals surface area contributed by atoms with E-state index >= 15 is 0 Å². The Kier molecular flexibility index (Phi) is 2.26. The summed E-state index contributed by atoms with van der Waals surface area (Å²) in [6, 6.07) is 0.785. The molecule has 3 heteroatoms. The molecule has 1 saturated carbocycles. The lowest BCUT2D eigenvalue weighted by Crippen LogP contribution is -2.47. The lowest BCUT2D eigenvalue weighted by Gasteiger charge is -2.42. The van der Waals surface area contributed by atoms with E-state index in [0.29, 0.717) is 12.3 Å². The molecule has 0 aromatic heterocycles. The summed E-state index contributed by atoms with van der Waals surface area (Å²) in [6.45, 7) is 2.56. The second-order valence-electron chi connectivity index (χ2n) is 6.37. The van der Waals surface area contributed by atoms with Crippen LogP contribution in [0.5, 0.6) is 0 Å². The number of hydrogen-bond donors (Lipinski definition) is 0. The summed E-state index contributed by atoms with van der Waals surface area (Å²) in [5, 5.41) is 0. The summed E-state index contributed by atoms with van der Waals surface area (Å²) in [5.41, 5.74) is 0. The van der Waals surface area contributed by atoms with Gasteiger partial charge in [0.05, 0.1) is 6.42 Å². The van der Waals surface area contributed by atoms with Crippen molar-refractivity contribution in [2.45, 2.75) is 50.7 Å². The molecule has 0 N–H and O–H groups in total. The van der Waals surface area contributed by atoms with Gasteiger partial charge in [-0.05, 0) is 50.6 Å². The van der Waals surface area contributed by atoms with Crippen molar-refractivity contribution in [1.29, 1.82) is 0 Å². The Labute approximate surface area is 102 Å². The smallest absolute Gasteiger partial charge is 0.306 e. The van der Waals surface area contributed by atoms with Gasteiger partial charge in [0, 0.05) is 12.0 Å². The fourth-order valence-electron chi connectivity index (χ4n) is 5.01. The van der Waals surface area contributed by atoms with Crippen LogP contribution in [0.2, 0.25) is 0 Å². The molecule has 0 amide bonds. The SMILES string of the molecule is O=C1CC2C(CC3CCCCN4CCC2C34)O1. The van der Waals surface area contributed by atoms with Crippen LogP contribution < -0.4 is 0 Å². The minimum atomic E-state index is 0.0647.